The van der Waals surface area contributed by atoms with Crippen LogP contribution in [-0.4, -0.2) is 17.4 Å². The summed E-state index contributed by atoms with van der Waals surface area (Å²) in [7, 11) is 0. The van der Waals surface area contributed by atoms with Crippen molar-refractivity contribution < 1.29 is 4.79 Å². The summed E-state index contributed by atoms with van der Waals surface area (Å²) in [5.74, 6) is 0.305. The normalized spacial score (nSPS) is 12.2. The molecule has 1 heterocycles. The summed E-state index contributed by atoms with van der Waals surface area (Å²) in [6.45, 7) is 2.90. The number of benzene rings is 2. The highest BCUT2D eigenvalue weighted by molar-refractivity contribution is 5.85. The second-order valence-corrected chi connectivity index (χ2v) is 6.58. The lowest BCUT2D eigenvalue weighted by Gasteiger charge is -2.17. The number of carbonyl (C=O) groups excluding carboxylic acids is 1. The fourth-order valence-corrected chi connectivity index (χ4v) is 3.32. The van der Waals surface area contributed by atoms with Gasteiger partial charge in [-0.2, -0.15) is 0 Å². The van der Waals surface area contributed by atoms with E-state index in [4.69, 9.17) is 0 Å². The number of H-pyrrole nitrogens is 1. The molecule has 25 heavy (non-hydrogen) atoms. The molecule has 0 radical (unpaired) electrons. The minimum Gasteiger partial charge on any atom is -0.361 e. The standard InChI is InChI=1S/C22H26N2O/c1-2-3-13-23-22(25)15-18(14-17-9-5-4-6-10-17)20-16-24-21-12-8-7-11-19(20)21/h4-12,16,18,24H,2-3,13-15H2,1H3,(H,23,25). The molecule has 130 valence electrons. The molecule has 1 unspecified atom stereocenters. The molecule has 0 aliphatic heterocycles. The van der Waals surface area contributed by atoms with Gasteiger partial charge in [0.15, 0.2) is 0 Å². The lowest BCUT2D eigenvalue weighted by Crippen LogP contribution is -2.26. The molecule has 2 aromatic carbocycles. The first-order valence-corrected chi connectivity index (χ1v) is 9.14. The number of aromatic nitrogens is 1. The summed E-state index contributed by atoms with van der Waals surface area (Å²) in [6.07, 6.45) is 5.57. The fraction of sp³-hybridized carbons (Fsp3) is 0.318. The van der Waals surface area contributed by atoms with Crippen molar-refractivity contribution in [3.63, 3.8) is 0 Å². The smallest absolute Gasteiger partial charge is 0.220 e. The van der Waals surface area contributed by atoms with Crippen molar-refractivity contribution in [2.45, 2.75) is 38.5 Å². The second kappa shape index (κ2) is 8.52. The summed E-state index contributed by atoms with van der Waals surface area (Å²) in [5, 5.41) is 4.27. The van der Waals surface area contributed by atoms with Crippen LogP contribution >= 0.6 is 0 Å². The molecule has 0 bridgehead atoms. The summed E-state index contributed by atoms with van der Waals surface area (Å²) in [4.78, 5) is 15.8. The van der Waals surface area contributed by atoms with Gasteiger partial charge < -0.3 is 10.3 Å². The fourth-order valence-electron chi connectivity index (χ4n) is 3.32. The predicted octanol–water partition coefficient (Wildman–Crippen LogP) is 4.80. The van der Waals surface area contributed by atoms with Crippen LogP contribution in [0.25, 0.3) is 10.9 Å². The topological polar surface area (TPSA) is 44.9 Å². The molecule has 3 heteroatoms. The van der Waals surface area contributed by atoms with Crippen molar-refractivity contribution >= 4 is 16.8 Å². The van der Waals surface area contributed by atoms with Crippen LogP contribution in [0.1, 0.15) is 43.2 Å². The molecule has 1 atom stereocenters. The Bertz CT molecular complexity index is 807. The average molecular weight is 334 g/mol. The van der Waals surface area contributed by atoms with Crippen LogP contribution in [-0.2, 0) is 11.2 Å². The number of para-hydroxylation sites is 1. The molecule has 1 aromatic heterocycles. The van der Waals surface area contributed by atoms with Gasteiger partial charge in [-0.05, 0) is 36.0 Å². The van der Waals surface area contributed by atoms with Crippen molar-refractivity contribution in [1.82, 2.24) is 10.3 Å². The Morgan fingerprint density at radius 3 is 2.64 bits per heavy atom. The van der Waals surface area contributed by atoms with Crippen LogP contribution in [0.2, 0.25) is 0 Å². The Hall–Kier alpha value is -2.55. The van der Waals surface area contributed by atoms with Crippen LogP contribution in [0.5, 0.6) is 0 Å². The van der Waals surface area contributed by atoms with Crippen LogP contribution in [0.4, 0.5) is 0 Å². The number of fused-ring (bicyclic) bond motifs is 1. The molecule has 3 nitrogen and oxygen atoms in total. The first-order chi connectivity index (χ1) is 12.3. The number of unbranched alkanes of at least 4 members (excludes halogenated alkanes) is 1. The van der Waals surface area contributed by atoms with Crippen LogP contribution in [0.3, 0.4) is 0 Å². The number of aromatic amines is 1. The molecule has 0 spiro atoms. The number of rotatable bonds is 8. The van der Waals surface area contributed by atoms with E-state index in [2.05, 4.69) is 65.9 Å². The van der Waals surface area contributed by atoms with E-state index >= 15 is 0 Å². The minimum absolute atomic E-state index is 0.139. The van der Waals surface area contributed by atoms with E-state index in [-0.39, 0.29) is 11.8 Å². The molecular weight excluding hydrogens is 308 g/mol. The van der Waals surface area contributed by atoms with Crippen molar-refractivity contribution in [3.8, 4) is 0 Å². The first-order valence-electron chi connectivity index (χ1n) is 9.14. The molecule has 0 saturated heterocycles. The number of amides is 1. The van der Waals surface area contributed by atoms with E-state index in [1.165, 1.54) is 16.5 Å². The highest BCUT2D eigenvalue weighted by Gasteiger charge is 2.19. The van der Waals surface area contributed by atoms with Gasteiger partial charge in [0.05, 0.1) is 0 Å². The lowest BCUT2D eigenvalue weighted by molar-refractivity contribution is -0.121. The Morgan fingerprint density at radius 2 is 1.84 bits per heavy atom. The van der Waals surface area contributed by atoms with Gasteiger partial charge in [-0.15, -0.1) is 0 Å². The minimum atomic E-state index is 0.139. The van der Waals surface area contributed by atoms with Crippen molar-refractivity contribution in [2.75, 3.05) is 6.54 Å². The Balaban J connectivity index is 1.82. The SMILES string of the molecule is CCCCNC(=O)CC(Cc1ccccc1)c1c[nH]c2ccccc12. The van der Waals surface area contributed by atoms with E-state index in [0.29, 0.717) is 6.42 Å². The maximum Gasteiger partial charge on any atom is 0.220 e. The van der Waals surface area contributed by atoms with Gasteiger partial charge in [0.2, 0.25) is 5.91 Å². The summed E-state index contributed by atoms with van der Waals surface area (Å²) in [6, 6.07) is 18.7. The number of carbonyl (C=O) groups is 1. The Kier molecular flexibility index (Phi) is 5.89. The monoisotopic (exact) mass is 334 g/mol. The molecular formula is C22H26N2O. The Labute approximate surface area is 149 Å². The van der Waals surface area contributed by atoms with Gasteiger partial charge in [-0.3, -0.25) is 4.79 Å². The zero-order valence-electron chi connectivity index (χ0n) is 14.8. The molecule has 3 rings (SSSR count). The average Bonchev–Trinajstić information content (AvgIpc) is 3.06. The van der Waals surface area contributed by atoms with E-state index < -0.39 is 0 Å². The van der Waals surface area contributed by atoms with E-state index in [1.807, 2.05) is 12.1 Å². The zero-order valence-corrected chi connectivity index (χ0v) is 14.8. The third-order valence-electron chi connectivity index (χ3n) is 4.67. The predicted molar refractivity (Wildman–Crippen MR) is 104 cm³/mol. The second-order valence-electron chi connectivity index (χ2n) is 6.58. The van der Waals surface area contributed by atoms with Gasteiger partial charge in [-0.25, -0.2) is 0 Å². The first kappa shape index (κ1) is 17.3. The quantitative estimate of drug-likeness (QED) is 0.571. The number of hydrogen-bond acceptors (Lipinski definition) is 1. The zero-order chi connectivity index (χ0) is 17.5. The van der Waals surface area contributed by atoms with E-state index in [9.17, 15) is 4.79 Å². The van der Waals surface area contributed by atoms with Crippen molar-refractivity contribution in [2.24, 2.45) is 0 Å². The maximum absolute atomic E-state index is 12.4. The van der Waals surface area contributed by atoms with E-state index in [1.54, 1.807) is 0 Å². The van der Waals surface area contributed by atoms with Gasteiger partial charge in [0.1, 0.15) is 0 Å². The highest BCUT2D eigenvalue weighted by atomic mass is 16.1. The molecule has 1 amide bonds. The summed E-state index contributed by atoms with van der Waals surface area (Å²) in [5.41, 5.74) is 3.62. The molecule has 0 fully saturated rings. The van der Waals surface area contributed by atoms with Crippen LogP contribution < -0.4 is 5.32 Å². The molecule has 0 saturated carbocycles. The molecule has 0 aliphatic rings. The van der Waals surface area contributed by atoms with Crippen molar-refractivity contribution in [3.05, 3.63) is 71.9 Å². The number of hydrogen-bond donors (Lipinski definition) is 2. The van der Waals surface area contributed by atoms with E-state index in [0.717, 1.165) is 31.3 Å². The maximum atomic E-state index is 12.4. The largest absolute Gasteiger partial charge is 0.361 e. The van der Waals surface area contributed by atoms with Gasteiger partial charge >= 0.3 is 0 Å². The number of nitrogens with one attached hydrogen (secondary N) is 2. The third kappa shape index (κ3) is 4.50. The van der Waals surface area contributed by atoms with Gasteiger partial charge in [0.25, 0.3) is 0 Å². The van der Waals surface area contributed by atoms with Crippen LogP contribution in [0.15, 0.2) is 60.8 Å². The van der Waals surface area contributed by atoms with Crippen LogP contribution in [0, 0.1) is 0 Å². The molecule has 0 aliphatic carbocycles. The molecule has 2 N–H and O–H groups in total. The molecule has 3 aromatic rings. The summed E-state index contributed by atoms with van der Waals surface area (Å²) >= 11 is 0. The van der Waals surface area contributed by atoms with Gasteiger partial charge in [0, 0.05) is 30.1 Å². The van der Waals surface area contributed by atoms with Crippen molar-refractivity contribution in [1.29, 1.82) is 0 Å². The van der Waals surface area contributed by atoms with Gasteiger partial charge in [-0.1, -0.05) is 61.9 Å². The highest BCUT2D eigenvalue weighted by Crippen LogP contribution is 2.30. The Morgan fingerprint density at radius 1 is 1.08 bits per heavy atom. The lowest BCUT2D eigenvalue weighted by atomic mass is 9.88. The third-order valence-corrected chi connectivity index (χ3v) is 4.67. The summed E-state index contributed by atoms with van der Waals surface area (Å²) < 4.78 is 0.